The Balaban J connectivity index is 1.66. The summed E-state index contributed by atoms with van der Waals surface area (Å²) in [5.74, 6) is 0.292. The first-order valence-electron chi connectivity index (χ1n) is 6.77. The maximum Gasteiger partial charge on any atom is 0.246 e. The van der Waals surface area contributed by atoms with E-state index in [1.54, 1.807) is 11.8 Å². The minimum atomic E-state index is -0.00493. The number of nitrogens with zero attached hydrogens (tertiary/aromatic N) is 1. The molecular weight excluding hydrogens is 274 g/mol. The van der Waals surface area contributed by atoms with Gasteiger partial charge in [-0.3, -0.25) is 9.69 Å². The molecule has 0 bridgehead atoms. The molecule has 0 spiro atoms. The van der Waals surface area contributed by atoms with E-state index in [1.165, 1.54) is 29.9 Å². The van der Waals surface area contributed by atoms with Crippen molar-refractivity contribution in [2.75, 3.05) is 0 Å². The lowest BCUT2D eigenvalue weighted by molar-refractivity contribution is -0.127. The van der Waals surface area contributed by atoms with Gasteiger partial charge in [0.15, 0.2) is 0 Å². The van der Waals surface area contributed by atoms with Crippen LogP contribution in [0.4, 0.5) is 0 Å². The van der Waals surface area contributed by atoms with Gasteiger partial charge in [0.05, 0.1) is 0 Å². The molecular formula is C15H15NOS2. The Morgan fingerprint density at radius 3 is 2.74 bits per heavy atom. The third-order valence-electron chi connectivity index (χ3n) is 3.95. The molecule has 1 amide bonds. The van der Waals surface area contributed by atoms with Crippen molar-refractivity contribution in [3.05, 3.63) is 46.5 Å². The SMILES string of the molecule is O=C1C(c2ccccc2)SC2SC3=C(CCCC3)N12. The van der Waals surface area contributed by atoms with Crippen molar-refractivity contribution in [1.82, 2.24) is 4.90 Å². The Morgan fingerprint density at radius 1 is 1.11 bits per heavy atom. The molecule has 4 rings (SSSR count). The minimum absolute atomic E-state index is 0.00493. The Bertz CT molecular complexity index is 555. The summed E-state index contributed by atoms with van der Waals surface area (Å²) in [6.07, 6.45) is 4.79. The van der Waals surface area contributed by atoms with Crippen LogP contribution in [0, 0.1) is 0 Å². The second-order valence-electron chi connectivity index (χ2n) is 5.14. The van der Waals surface area contributed by atoms with Crippen LogP contribution in [0.1, 0.15) is 36.5 Å². The van der Waals surface area contributed by atoms with Crippen molar-refractivity contribution in [1.29, 1.82) is 0 Å². The average molecular weight is 289 g/mol. The third-order valence-corrected chi connectivity index (χ3v) is 6.90. The predicted octanol–water partition coefficient (Wildman–Crippen LogP) is 4.12. The second-order valence-corrected chi connectivity index (χ2v) is 7.80. The molecule has 2 nitrogen and oxygen atoms in total. The van der Waals surface area contributed by atoms with Crippen LogP contribution in [0.15, 0.2) is 40.9 Å². The molecule has 0 saturated carbocycles. The Hall–Kier alpha value is -0.870. The summed E-state index contributed by atoms with van der Waals surface area (Å²) in [5, 5.41) is -0.00493. The maximum atomic E-state index is 12.7. The lowest BCUT2D eigenvalue weighted by Crippen LogP contribution is -2.28. The normalized spacial score (nSPS) is 29.7. The van der Waals surface area contributed by atoms with Gasteiger partial charge in [0.1, 0.15) is 9.96 Å². The highest BCUT2D eigenvalue weighted by molar-refractivity contribution is 8.19. The standard InChI is InChI=1S/C15H15NOS2/c17-14-13(10-6-2-1-3-7-10)19-15-16(14)11-8-4-5-9-12(11)18-15/h1-3,6-7,13,15H,4-5,8-9H2. The third kappa shape index (κ3) is 1.84. The van der Waals surface area contributed by atoms with E-state index in [2.05, 4.69) is 17.0 Å². The zero-order valence-electron chi connectivity index (χ0n) is 10.5. The van der Waals surface area contributed by atoms with Gasteiger partial charge in [-0.05, 0) is 31.2 Å². The Labute approximate surface area is 121 Å². The first-order chi connectivity index (χ1) is 9.34. The number of hydrogen-bond donors (Lipinski definition) is 0. The van der Waals surface area contributed by atoms with Crippen LogP contribution in [-0.2, 0) is 4.79 Å². The van der Waals surface area contributed by atoms with E-state index in [0.717, 1.165) is 12.0 Å². The fourth-order valence-electron chi connectivity index (χ4n) is 3.02. The number of rotatable bonds is 1. The monoisotopic (exact) mass is 289 g/mol. The molecule has 2 unspecified atom stereocenters. The minimum Gasteiger partial charge on any atom is -0.292 e. The maximum absolute atomic E-state index is 12.7. The van der Waals surface area contributed by atoms with E-state index in [-0.39, 0.29) is 5.25 Å². The number of carbonyl (C=O) groups is 1. The van der Waals surface area contributed by atoms with Gasteiger partial charge < -0.3 is 0 Å². The fraction of sp³-hybridized carbons (Fsp3) is 0.400. The van der Waals surface area contributed by atoms with Crippen LogP contribution in [-0.4, -0.2) is 15.5 Å². The van der Waals surface area contributed by atoms with Gasteiger partial charge in [0, 0.05) is 10.6 Å². The van der Waals surface area contributed by atoms with Crippen LogP contribution in [0.3, 0.4) is 0 Å². The van der Waals surface area contributed by atoms with E-state index in [9.17, 15) is 4.79 Å². The van der Waals surface area contributed by atoms with Gasteiger partial charge >= 0.3 is 0 Å². The molecule has 2 heterocycles. The van der Waals surface area contributed by atoms with E-state index in [4.69, 9.17) is 0 Å². The highest BCUT2D eigenvalue weighted by Gasteiger charge is 2.48. The van der Waals surface area contributed by atoms with Gasteiger partial charge in [-0.2, -0.15) is 0 Å². The highest BCUT2D eigenvalue weighted by Crippen LogP contribution is 2.57. The first kappa shape index (κ1) is 11.9. The zero-order valence-corrected chi connectivity index (χ0v) is 12.2. The van der Waals surface area contributed by atoms with Gasteiger partial charge in [-0.1, -0.05) is 42.1 Å². The van der Waals surface area contributed by atoms with Gasteiger partial charge in [-0.25, -0.2) is 0 Å². The number of hydrogen-bond acceptors (Lipinski definition) is 3. The smallest absolute Gasteiger partial charge is 0.246 e. The van der Waals surface area contributed by atoms with Crippen molar-refractivity contribution in [3.8, 4) is 0 Å². The largest absolute Gasteiger partial charge is 0.292 e. The molecule has 1 saturated heterocycles. The number of carbonyl (C=O) groups excluding carboxylic acids is 1. The summed E-state index contributed by atoms with van der Waals surface area (Å²) in [7, 11) is 0. The highest BCUT2D eigenvalue weighted by atomic mass is 32.2. The average Bonchev–Trinajstić information content (AvgIpc) is 2.97. The molecule has 1 aromatic rings. The van der Waals surface area contributed by atoms with Crippen LogP contribution in [0.25, 0.3) is 0 Å². The molecule has 2 atom stereocenters. The molecule has 19 heavy (non-hydrogen) atoms. The lowest BCUT2D eigenvalue weighted by Gasteiger charge is -2.21. The number of amides is 1. The topological polar surface area (TPSA) is 20.3 Å². The fourth-order valence-corrected chi connectivity index (χ4v) is 6.23. The summed E-state index contributed by atoms with van der Waals surface area (Å²) in [5.41, 5.74) is 2.47. The number of thioether (sulfide) groups is 2. The summed E-state index contributed by atoms with van der Waals surface area (Å²) in [4.78, 5) is 16.3. The van der Waals surface area contributed by atoms with Gasteiger partial charge in [0.2, 0.25) is 5.91 Å². The van der Waals surface area contributed by atoms with Crippen molar-refractivity contribution in [3.63, 3.8) is 0 Å². The van der Waals surface area contributed by atoms with E-state index in [1.807, 2.05) is 30.0 Å². The molecule has 98 valence electrons. The molecule has 1 aromatic carbocycles. The Morgan fingerprint density at radius 2 is 1.89 bits per heavy atom. The molecule has 0 aromatic heterocycles. The van der Waals surface area contributed by atoms with Crippen molar-refractivity contribution < 1.29 is 4.79 Å². The number of allylic oxidation sites excluding steroid dienone is 2. The molecule has 0 N–H and O–H groups in total. The summed E-state index contributed by atoms with van der Waals surface area (Å²) in [6, 6.07) is 10.2. The van der Waals surface area contributed by atoms with Crippen LogP contribution in [0.2, 0.25) is 0 Å². The second kappa shape index (κ2) is 4.60. The Kier molecular flexibility index (Phi) is 2.88. The molecule has 4 heteroatoms. The quantitative estimate of drug-likeness (QED) is 0.775. The van der Waals surface area contributed by atoms with E-state index in [0.29, 0.717) is 10.6 Å². The van der Waals surface area contributed by atoms with E-state index >= 15 is 0 Å². The van der Waals surface area contributed by atoms with Crippen LogP contribution < -0.4 is 0 Å². The van der Waals surface area contributed by atoms with Crippen molar-refractivity contribution in [2.24, 2.45) is 0 Å². The van der Waals surface area contributed by atoms with E-state index < -0.39 is 0 Å². The van der Waals surface area contributed by atoms with Crippen molar-refractivity contribution in [2.45, 2.75) is 35.6 Å². The summed E-state index contributed by atoms with van der Waals surface area (Å²) in [6.45, 7) is 0. The number of fused-ring (bicyclic) bond motifs is 2. The van der Waals surface area contributed by atoms with Crippen LogP contribution in [0.5, 0.6) is 0 Å². The molecule has 3 aliphatic rings. The molecule has 2 aliphatic heterocycles. The molecule has 1 aliphatic carbocycles. The first-order valence-corrected chi connectivity index (χ1v) is 8.59. The van der Waals surface area contributed by atoms with Crippen molar-refractivity contribution >= 4 is 29.4 Å². The summed E-state index contributed by atoms with van der Waals surface area (Å²) < 4.78 is 0.292. The molecule has 0 radical (unpaired) electrons. The van der Waals surface area contributed by atoms with Gasteiger partial charge in [0.25, 0.3) is 0 Å². The summed E-state index contributed by atoms with van der Waals surface area (Å²) >= 11 is 3.72. The van der Waals surface area contributed by atoms with Gasteiger partial charge in [-0.15, -0.1) is 11.8 Å². The predicted molar refractivity (Wildman–Crippen MR) is 80.5 cm³/mol. The molecule has 1 fully saturated rings. The zero-order chi connectivity index (χ0) is 12.8. The lowest BCUT2D eigenvalue weighted by atomic mass is 10.0. The van der Waals surface area contributed by atoms with Crippen LogP contribution >= 0.6 is 23.5 Å². The number of benzene rings is 1.